The van der Waals surface area contributed by atoms with Gasteiger partial charge in [-0.15, -0.1) is 0 Å². The van der Waals surface area contributed by atoms with Gasteiger partial charge in [-0.2, -0.15) is 5.10 Å². The number of non-ortho nitro benzene ring substituents is 1. The van der Waals surface area contributed by atoms with Crippen molar-refractivity contribution in [3.05, 3.63) is 68.2 Å². The molecule has 1 amide bonds. The summed E-state index contributed by atoms with van der Waals surface area (Å²) < 4.78 is 0.501. The fourth-order valence-corrected chi connectivity index (χ4v) is 1.99. The molecule has 2 aromatic rings. The Morgan fingerprint density at radius 2 is 2.09 bits per heavy atom. The van der Waals surface area contributed by atoms with Crippen LogP contribution < -0.4 is 5.43 Å². The lowest BCUT2D eigenvalue weighted by Gasteiger charge is -2.00. The molecule has 0 spiro atoms. The third kappa shape index (κ3) is 3.89. The minimum atomic E-state index is -0.575. The van der Waals surface area contributed by atoms with Gasteiger partial charge in [-0.25, -0.2) is 5.43 Å². The normalized spacial score (nSPS) is 10.6. The van der Waals surface area contributed by atoms with Crippen LogP contribution in [-0.4, -0.2) is 22.2 Å². The zero-order chi connectivity index (χ0) is 16.1. The quantitative estimate of drug-likeness (QED) is 0.494. The third-order valence-corrected chi connectivity index (χ3v) is 3.31. The van der Waals surface area contributed by atoms with E-state index in [2.05, 4.69) is 26.5 Å². The molecule has 0 aliphatic heterocycles. The molecule has 2 rings (SSSR count). The van der Waals surface area contributed by atoms with E-state index in [1.165, 1.54) is 36.5 Å². The van der Waals surface area contributed by atoms with Gasteiger partial charge < -0.3 is 5.11 Å². The number of carbonyl (C=O) groups excluding carboxylic acids is 1. The number of phenolic OH excluding ortho intramolecular Hbond substituents is 1. The standard InChI is InChI=1S/C14H10BrN3O4/c15-12-6-9(4-5-13(12)19)8-16-17-14(20)10-2-1-3-11(7-10)18(21)22/h1-8,19H,(H,17,20)/b16-8+. The number of hydrogen-bond acceptors (Lipinski definition) is 5. The molecule has 0 unspecified atom stereocenters. The second-order valence-electron chi connectivity index (χ2n) is 4.22. The minimum absolute atomic E-state index is 0.0952. The molecule has 7 nitrogen and oxygen atoms in total. The molecule has 0 saturated heterocycles. The second-order valence-corrected chi connectivity index (χ2v) is 5.07. The van der Waals surface area contributed by atoms with Crippen molar-refractivity contribution >= 4 is 33.7 Å². The number of benzene rings is 2. The smallest absolute Gasteiger partial charge is 0.271 e. The van der Waals surface area contributed by atoms with Crippen LogP contribution in [0, 0.1) is 10.1 Å². The van der Waals surface area contributed by atoms with Gasteiger partial charge in [0.1, 0.15) is 5.75 Å². The highest BCUT2D eigenvalue weighted by Gasteiger charge is 2.10. The van der Waals surface area contributed by atoms with Gasteiger partial charge in [0.2, 0.25) is 0 Å². The fraction of sp³-hybridized carbons (Fsp3) is 0. The van der Waals surface area contributed by atoms with Crippen LogP contribution in [0.15, 0.2) is 52.0 Å². The second kappa shape index (κ2) is 6.81. The first-order chi connectivity index (χ1) is 10.5. The first-order valence-electron chi connectivity index (χ1n) is 6.04. The summed E-state index contributed by atoms with van der Waals surface area (Å²) in [6.45, 7) is 0. The molecular formula is C14H10BrN3O4. The highest BCUT2D eigenvalue weighted by molar-refractivity contribution is 9.10. The van der Waals surface area contributed by atoms with Gasteiger partial charge in [0, 0.05) is 17.7 Å². The van der Waals surface area contributed by atoms with Gasteiger partial charge >= 0.3 is 0 Å². The van der Waals surface area contributed by atoms with Gasteiger partial charge in [-0.3, -0.25) is 14.9 Å². The lowest BCUT2D eigenvalue weighted by atomic mass is 10.2. The predicted molar refractivity (Wildman–Crippen MR) is 84.0 cm³/mol. The van der Waals surface area contributed by atoms with E-state index in [0.29, 0.717) is 10.0 Å². The van der Waals surface area contributed by atoms with E-state index in [1.807, 2.05) is 0 Å². The molecule has 0 aliphatic rings. The Morgan fingerprint density at radius 1 is 1.32 bits per heavy atom. The number of nitro benzene ring substituents is 1. The Kier molecular flexibility index (Phi) is 4.84. The van der Waals surface area contributed by atoms with Crippen LogP contribution in [0.1, 0.15) is 15.9 Å². The lowest BCUT2D eigenvalue weighted by molar-refractivity contribution is -0.384. The van der Waals surface area contributed by atoms with Crippen molar-refractivity contribution in [2.45, 2.75) is 0 Å². The van der Waals surface area contributed by atoms with E-state index in [0.717, 1.165) is 0 Å². The van der Waals surface area contributed by atoms with Crippen LogP contribution in [0.25, 0.3) is 0 Å². The number of hydrazone groups is 1. The highest BCUT2D eigenvalue weighted by Crippen LogP contribution is 2.23. The number of nitrogens with zero attached hydrogens (tertiary/aromatic N) is 2. The van der Waals surface area contributed by atoms with Crippen LogP contribution in [0.3, 0.4) is 0 Å². The third-order valence-electron chi connectivity index (χ3n) is 2.67. The van der Waals surface area contributed by atoms with Crippen molar-refractivity contribution < 1.29 is 14.8 Å². The minimum Gasteiger partial charge on any atom is -0.507 e. The molecule has 0 heterocycles. The first kappa shape index (κ1) is 15.6. The Balaban J connectivity index is 2.06. The molecule has 0 atom stereocenters. The van der Waals surface area contributed by atoms with Gasteiger partial charge in [0.25, 0.3) is 11.6 Å². The number of aromatic hydroxyl groups is 1. The maximum absolute atomic E-state index is 11.8. The SMILES string of the molecule is O=C(N/N=C/c1ccc(O)c(Br)c1)c1cccc([N+](=O)[O-])c1. The largest absolute Gasteiger partial charge is 0.507 e. The number of halogens is 1. The molecular weight excluding hydrogens is 354 g/mol. The van der Waals surface area contributed by atoms with Crippen molar-refractivity contribution in [1.82, 2.24) is 5.43 Å². The lowest BCUT2D eigenvalue weighted by Crippen LogP contribution is -2.17. The average molecular weight is 364 g/mol. The molecule has 0 fully saturated rings. The number of nitrogens with one attached hydrogen (secondary N) is 1. The molecule has 0 aliphatic carbocycles. The fourth-order valence-electron chi connectivity index (χ4n) is 1.59. The van der Waals surface area contributed by atoms with Gasteiger partial charge in [-0.1, -0.05) is 6.07 Å². The van der Waals surface area contributed by atoms with Gasteiger partial charge in [0.15, 0.2) is 0 Å². The molecule has 0 bridgehead atoms. The summed E-state index contributed by atoms with van der Waals surface area (Å²) in [5.74, 6) is -0.462. The number of nitro groups is 1. The van der Waals surface area contributed by atoms with E-state index in [-0.39, 0.29) is 17.0 Å². The van der Waals surface area contributed by atoms with Crippen LogP contribution in [0.4, 0.5) is 5.69 Å². The van der Waals surface area contributed by atoms with E-state index in [1.54, 1.807) is 12.1 Å². The highest BCUT2D eigenvalue weighted by atomic mass is 79.9. The van der Waals surface area contributed by atoms with Crippen molar-refractivity contribution in [1.29, 1.82) is 0 Å². The van der Waals surface area contributed by atoms with E-state index in [9.17, 15) is 20.0 Å². The Labute approximate surface area is 133 Å². The molecule has 2 N–H and O–H groups in total. The van der Waals surface area contributed by atoms with Gasteiger partial charge in [0.05, 0.1) is 15.6 Å². The molecule has 0 saturated carbocycles. The van der Waals surface area contributed by atoms with Crippen LogP contribution in [-0.2, 0) is 0 Å². The molecule has 8 heteroatoms. The maximum Gasteiger partial charge on any atom is 0.271 e. The van der Waals surface area contributed by atoms with Crippen LogP contribution in [0.5, 0.6) is 5.75 Å². The summed E-state index contributed by atoms with van der Waals surface area (Å²) in [5, 5.41) is 23.8. The number of carbonyl (C=O) groups is 1. The summed E-state index contributed by atoms with van der Waals surface area (Å²) in [4.78, 5) is 21.9. The summed E-state index contributed by atoms with van der Waals surface area (Å²) in [6, 6.07) is 10.1. The topological polar surface area (TPSA) is 105 Å². The number of rotatable bonds is 4. The van der Waals surface area contributed by atoms with E-state index in [4.69, 9.17) is 0 Å². The number of hydrogen-bond donors (Lipinski definition) is 2. The zero-order valence-corrected chi connectivity index (χ0v) is 12.6. The molecule has 0 radical (unpaired) electrons. The monoisotopic (exact) mass is 363 g/mol. The Morgan fingerprint density at radius 3 is 2.77 bits per heavy atom. The van der Waals surface area contributed by atoms with Crippen molar-refractivity contribution in [3.63, 3.8) is 0 Å². The zero-order valence-electron chi connectivity index (χ0n) is 11.1. The van der Waals surface area contributed by atoms with Crippen LogP contribution >= 0.6 is 15.9 Å². The molecule has 0 aromatic heterocycles. The Bertz CT molecular complexity index is 762. The van der Waals surface area contributed by atoms with E-state index >= 15 is 0 Å². The summed E-state index contributed by atoms with van der Waals surface area (Å²) in [7, 11) is 0. The van der Waals surface area contributed by atoms with Crippen molar-refractivity contribution in [2.75, 3.05) is 0 Å². The van der Waals surface area contributed by atoms with Crippen molar-refractivity contribution in [2.24, 2.45) is 5.10 Å². The first-order valence-corrected chi connectivity index (χ1v) is 6.83. The van der Waals surface area contributed by atoms with Crippen LogP contribution in [0.2, 0.25) is 0 Å². The molecule has 22 heavy (non-hydrogen) atoms. The Hall–Kier alpha value is -2.74. The molecule has 112 valence electrons. The predicted octanol–water partition coefficient (Wildman–Crippen LogP) is 2.83. The number of amides is 1. The molecule has 2 aromatic carbocycles. The summed E-state index contributed by atoms with van der Waals surface area (Å²) in [6.07, 6.45) is 1.39. The van der Waals surface area contributed by atoms with Gasteiger partial charge in [-0.05, 0) is 45.8 Å². The maximum atomic E-state index is 11.8. The van der Waals surface area contributed by atoms with Crippen molar-refractivity contribution in [3.8, 4) is 5.75 Å². The average Bonchev–Trinajstić information content (AvgIpc) is 2.51. The number of phenols is 1. The summed E-state index contributed by atoms with van der Waals surface area (Å²) >= 11 is 3.16. The van der Waals surface area contributed by atoms with E-state index < -0.39 is 10.8 Å². The summed E-state index contributed by atoms with van der Waals surface area (Å²) in [5.41, 5.74) is 2.90.